The fraction of sp³-hybridized carbons (Fsp3) is 0.188. The predicted molar refractivity (Wildman–Crippen MR) is 93.2 cm³/mol. The Morgan fingerprint density at radius 1 is 1.31 bits per heavy atom. The van der Waals surface area contributed by atoms with E-state index in [0.717, 1.165) is 17.1 Å². The van der Waals surface area contributed by atoms with Gasteiger partial charge in [0.15, 0.2) is 4.96 Å². The molecule has 26 heavy (non-hydrogen) atoms. The van der Waals surface area contributed by atoms with Gasteiger partial charge in [0, 0.05) is 21.8 Å². The number of alkyl halides is 3. The average molecular weight is 402 g/mol. The van der Waals surface area contributed by atoms with E-state index in [1.165, 1.54) is 21.8 Å². The van der Waals surface area contributed by atoms with Crippen molar-refractivity contribution in [1.29, 1.82) is 0 Å². The number of hydrogen-bond acceptors (Lipinski definition) is 4. The van der Waals surface area contributed by atoms with E-state index in [4.69, 9.17) is 11.6 Å². The van der Waals surface area contributed by atoms with Gasteiger partial charge in [0.1, 0.15) is 5.56 Å². The lowest BCUT2D eigenvalue weighted by molar-refractivity contribution is -0.136. The molecule has 0 fully saturated rings. The zero-order valence-electron chi connectivity index (χ0n) is 13.4. The molecule has 0 aliphatic heterocycles. The van der Waals surface area contributed by atoms with E-state index >= 15 is 0 Å². The summed E-state index contributed by atoms with van der Waals surface area (Å²) >= 11 is 6.89. The summed E-state index contributed by atoms with van der Waals surface area (Å²) < 4.78 is 40.7. The molecular weight excluding hydrogens is 391 g/mol. The molecule has 0 radical (unpaired) electrons. The number of fused-ring (bicyclic) bond motifs is 1. The molecule has 1 aromatic carbocycles. The van der Waals surface area contributed by atoms with Crippen LogP contribution in [0.15, 0.2) is 29.2 Å². The number of carbonyl (C=O) groups excluding carboxylic acids is 1. The largest absolute Gasteiger partial charge is 0.418 e. The van der Waals surface area contributed by atoms with Gasteiger partial charge >= 0.3 is 6.18 Å². The molecule has 2 aromatic heterocycles. The number of halogens is 4. The van der Waals surface area contributed by atoms with Crippen LogP contribution in [0.25, 0.3) is 4.96 Å². The Kier molecular flexibility index (Phi) is 4.53. The van der Waals surface area contributed by atoms with Crippen molar-refractivity contribution in [3.63, 3.8) is 0 Å². The van der Waals surface area contributed by atoms with Crippen molar-refractivity contribution in [1.82, 2.24) is 9.38 Å². The van der Waals surface area contributed by atoms with Crippen molar-refractivity contribution in [2.24, 2.45) is 0 Å². The molecule has 0 spiro atoms. The fourth-order valence-electron chi connectivity index (χ4n) is 2.38. The summed E-state index contributed by atoms with van der Waals surface area (Å²) in [5, 5.41) is 2.00. The second kappa shape index (κ2) is 6.40. The zero-order valence-corrected chi connectivity index (χ0v) is 15.0. The van der Waals surface area contributed by atoms with Crippen LogP contribution in [-0.4, -0.2) is 15.3 Å². The number of carbonyl (C=O) groups is 1. The van der Waals surface area contributed by atoms with Crippen LogP contribution in [0, 0.1) is 13.8 Å². The van der Waals surface area contributed by atoms with Crippen molar-refractivity contribution in [3.8, 4) is 0 Å². The number of nitrogens with one attached hydrogen (secondary N) is 1. The predicted octanol–water partition coefficient (Wildman–Crippen LogP) is 4.30. The van der Waals surface area contributed by atoms with Gasteiger partial charge in [-0.25, -0.2) is 4.98 Å². The van der Waals surface area contributed by atoms with Crippen LogP contribution in [-0.2, 0) is 6.18 Å². The molecule has 10 heteroatoms. The van der Waals surface area contributed by atoms with Crippen molar-refractivity contribution in [2.75, 3.05) is 5.32 Å². The van der Waals surface area contributed by atoms with E-state index in [0.29, 0.717) is 16.7 Å². The van der Waals surface area contributed by atoms with Gasteiger partial charge < -0.3 is 5.32 Å². The monoisotopic (exact) mass is 401 g/mol. The number of benzene rings is 1. The molecule has 0 saturated carbocycles. The van der Waals surface area contributed by atoms with E-state index in [2.05, 4.69) is 10.3 Å². The maximum atomic E-state index is 13.1. The minimum atomic E-state index is -4.72. The normalized spacial score (nSPS) is 11.8. The van der Waals surface area contributed by atoms with E-state index in [1.807, 2.05) is 0 Å². The molecule has 2 heterocycles. The van der Waals surface area contributed by atoms with E-state index in [1.54, 1.807) is 13.8 Å². The molecule has 1 N–H and O–H groups in total. The summed E-state index contributed by atoms with van der Waals surface area (Å²) in [6.45, 7) is 3.50. The lowest BCUT2D eigenvalue weighted by Crippen LogP contribution is -2.27. The number of thiazole rings is 1. The first kappa shape index (κ1) is 18.4. The van der Waals surface area contributed by atoms with Gasteiger partial charge in [-0.2, -0.15) is 13.2 Å². The summed E-state index contributed by atoms with van der Waals surface area (Å²) in [5.74, 6) is -0.979. The van der Waals surface area contributed by atoms with Crippen LogP contribution >= 0.6 is 22.9 Å². The molecule has 1 amide bonds. The fourth-order valence-corrected chi connectivity index (χ4v) is 3.48. The zero-order chi connectivity index (χ0) is 19.2. The number of amides is 1. The van der Waals surface area contributed by atoms with Crippen molar-refractivity contribution >= 4 is 39.5 Å². The minimum absolute atomic E-state index is 0.122. The second-order valence-electron chi connectivity index (χ2n) is 5.48. The summed E-state index contributed by atoms with van der Waals surface area (Å²) in [6.07, 6.45) is -3.66. The van der Waals surface area contributed by atoms with Gasteiger partial charge in [-0.15, -0.1) is 11.3 Å². The SMILES string of the molecule is Cc1sc2ncc(C(=O)Nc3ccc(Cl)cc3C(F)(F)F)c(=O)n2c1C. The Morgan fingerprint density at radius 2 is 2.00 bits per heavy atom. The standard InChI is InChI=1S/C16H11ClF3N3O2S/c1-7-8(2)26-15-21-6-10(14(25)23(7)15)13(24)22-12-4-3-9(17)5-11(12)16(18,19)20/h3-6H,1-2H3,(H,22,24). The number of anilines is 1. The molecule has 0 unspecified atom stereocenters. The third-order valence-electron chi connectivity index (χ3n) is 3.80. The lowest BCUT2D eigenvalue weighted by Gasteiger charge is -2.14. The Balaban J connectivity index is 2.05. The van der Waals surface area contributed by atoms with Crippen LogP contribution in [0.1, 0.15) is 26.5 Å². The van der Waals surface area contributed by atoms with Crippen LogP contribution in [0.3, 0.4) is 0 Å². The smallest absolute Gasteiger partial charge is 0.321 e. The van der Waals surface area contributed by atoms with Crippen LogP contribution in [0.2, 0.25) is 5.02 Å². The first-order valence-electron chi connectivity index (χ1n) is 7.25. The van der Waals surface area contributed by atoms with Gasteiger partial charge in [-0.3, -0.25) is 14.0 Å². The van der Waals surface area contributed by atoms with Crippen LogP contribution in [0.5, 0.6) is 0 Å². The first-order chi connectivity index (χ1) is 12.1. The average Bonchev–Trinajstić information content (AvgIpc) is 2.83. The molecule has 0 saturated heterocycles. The molecule has 0 atom stereocenters. The number of hydrogen-bond donors (Lipinski definition) is 1. The van der Waals surface area contributed by atoms with Gasteiger partial charge in [-0.1, -0.05) is 11.6 Å². The van der Waals surface area contributed by atoms with Crippen molar-refractivity contribution < 1.29 is 18.0 Å². The highest BCUT2D eigenvalue weighted by Crippen LogP contribution is 2.36. The van der Waals surface area contributed by atoms with E-state index < -0.39 is 28.9 Å². The van der Waals surface area contributed by atoms with Crippen molar-refractivity contribution in [3.05, 3.63) is 61.5 Å². The quantitative estimate of drug-likeness (QED) is 0.696. The maximum absolute atomic E-state index is 13.1. The molecule has 136 valence electrons. The summed E-state index contributed by atoms with van der Waals surface area (Å²) in [7, 11) is 0. The minimum Gasteiger partial charge on any atom is -0.321 e. The molecular formula is C16H11ClF3N3O2S. The highest BCUT2D eigenvalue weighted by Gasteiger charge is 2.34. The van der Waals surface area contributed by atoms with Gasteiger partial charge in [0.2, 0.25) is 0 Å². The van der Waals surface area contributed by atoms with Crippen molar-refractivity contribution in [2.45, 2.75) is 20.0 Å². The Morgan fingerprint density at radius 3 is 2.65 bits per heavy atom. The molecule has 0 aliphatic carbocycles. The Hall–Kier alpha value is -2.39. The highest BCUT2D eigenvalue weighted by molar-refractivity contribution is 7.17. The summed E-state index contributed by atoms with van der Waals surface area (Å²) in [5.41, 5.74) is -1.97. The van der Waals surface area contributed by atoms with Gasteiger partial charge in [-0.05, 0) is 32.0 Å². The highest BCUT2D eigenvalue weighted by atomic mass is 35.5. The topological polar surface area (TPSA) is 63.5 Å². The summed E-state index contributed by atoms with van der Waals surface area (Å²) in [4.78, 5) is 30.3. The van der Waals surface area contributed by atoms with E-state index in [9.17, 15) is 22.8 Å². The third-order valence-corrected chi connectivity index (χ3v) is 5.11. The lowest BCUT2D eigenvalue weighted by atomic mass is 10.1. The third kappa shape index (κ3) is 3.19. The number of rotatable bonds is 2. The molecule has 0 aliphatic rings. The van der Waals surface area contributed by atoms with Crippen LogP contribution < -0.4 is 10.9 Å². The Bertz CT molecular complexity index is 1090. The number of aryl methyl sites for hydroxylation is 2. The first-order valence-corrected chi connectivity index (χ1v) is 8.45. The van der Waals surface area contributed by atoms with E-state index in [-0.39, 0.29) is 10.6 Å². The van der Waals surface area contributed by atoms with Gasteiger partial charge in [0.25, 0.3) is 11.5 Å². The number of nitrogens with zero attached hydrogens (tertiary/aromatic N) is 2. The molecule has 3 rings (SSSR count). The molecule has 3 aromatic rings. The number of aromatic nitrogens is 2. The Labute approximate surface area is 154 Å². The molecule has 5 nitrogen and oxygen atoms in total. The second-order valence-corrected chi connectivity index (χ2v) is 7.10. The summed E-state index contributed by atoms with van der Waals surface area (Å²) in [6, 6.07) is 2.96. The maximum Gasteiger partial charge on any atom is 0.418 e. The van der Waals surface area contributed by atoms with Gasteiger partial charge in [0.05, 0.1) is 11.3 Å². The van der Waals surface area contributed by atoms with Crippen LogP contribution in [0.4, 0.5) is 18.9 Å². The molecule has 0 bridgehead atoms.